The average Bonchev–Trinajstić information content (AvgIpc) is 2.35. The Morgan fingerprint density at radius 2 is 1.95 bits per heavy atom. The van der Waals surface area contributed by atoms with Crippen molar-refractivity contribution in [1.29, 1.82) is 0 Å². The zero-order chi connectivity index (χ0) is 15.3. The van der Waals surface area contributed by atoms with Crippen molar-refractivity contribution in [1.82, 2.24) is 10.2 Å². The fourth-order valence-corrected chi connectivity index (χ4v) is 2.66. The zero-order valence-corrected chi connectivity index (χ0v) is 13.6. The fourth-order valence-electron chi connectivity index (χ4n) is 2.66. The molecule has 0 aromatic heterocycles. The lowest BCUT2D eigenvalue weighted by molar-refractivity contribution is -0.124. The maximum absolute atomic E-state index is 11.9. The van der Waals surface area contributed by atoms with Crippen molar-refractivity contribution in [2.45, 2.75) is 71.2 Å². The topological polar surface area (TPSA) is 67.6 Å². The molecule has 3 unspecified atom stereocenters. The monoisotopic (exact) mass is 285 g/mol. The van der Waals surface area contributed by atoms with Gasteiger partial charge in [-0.15, -0.1) is 0 Å². The summed E-state index contributed by atoms with van der Waals surface area (Å²) in [5.74, 6) is -0.0470. The third-order valence-electron chi connectivity index (χ3n) is 3.91. The van der Waals surface area contributed by atoms with Crippen molar-refractivity contribution in [2.75, 3.05) is 19.6 Å². The third kappa shape index (κ3) is 5.04. The Hall–Kier alpha value is -0.650. The van der Waals surface area contributed by atoms with Crippen molar-refractivity contribution >= 4 is 5.91 Å². The molecule has 1 amide bonds. The van der Waals surface area contributed by atoms with Crippen LogP contribution in [0.4, 0.5) is 0 Å². The summed E-state index contributed by atoms with van der Waals surface area (Å²) < 4.78 is 5.76. The van der Waals surface area contributed by atoms with E-state index in [-0.39, 0.29) is 23.7 Å². The zero-order valence-electron chi connectivity index (χ0n) is 13.6. The number of ether oxygens (including phenoxy) is 1. The van der Waals surface area contributed by atoms with Crippen LogP contribution in [0.25, 0.3) is 0 Å². The van der Waals surface area contributed by atoms with Crippen LogP contribution in [-0.4, -0.2) is 54.2 Å². The van der Waals surface area contributed by atoms with Crippen molar-refractivity contribution in [3.63, 3.8) is 0 Å². The number of carbonyl (C=O) groups excluding carboxylic acids is 1. The van der Waals surface area contributed by atoms with Crippen LogP contribution in [0.3, 0.4) is 0 Å². The van der Waals surface area contributed by atoms with Gasteiger partial charge in [0.1, 0.15) is 0 Å². The molecule has 1 aliphatic heterocycles. The summed E-state index contributed by atoms with van der Waals surface area (Å²) >= 11 is 0. The van der Waals surface area contributed by atoms with E-state index in [0.717, 1.165) is 25.9 Å². The van der Waals surface area contributed by atoms with E-state index in [1.54, 1.807) is 0 Å². The van der Waals surface area contributed by atoms with E-state index in [0.29, 0.717) is 6.54 Å². The van der Waals surface area contributed by atoms with Gasteiger partial charge in [0.05, 0.1) is 18.2 Å². The normalized spacial score (nSPS) is 26.3. The standard InChI is InChI=1S/C15H31N3O2/c1-6-7-13(16)14(19)17-10-15(4,5)18-8-11(2)20-12(3)9-18/h11-13H,6-10,16H2,1-5H3,(H,17,19). The summed E-state index contributed by atoms with van der Waals surface area (Å²) in [6.45, 7) is 12.9. The van der Waals surface area contributed by atoms with Gasteiger partial charge in [0.15, 0.2) is 0 Å². The molecule has 0 radical (unpaired) electrons. The van der Waals surface area contributed by atoms with E-state index in [1.165, 1.54) is 0 Å². The SMILES string of the molecule is CCCC(N)C(=O)NCC(C)(C)N1CC(C)OC(C)C1. The van der Waals surface area contributed by atoms with Gasteiger partial charge in [-0.1, -0.05) is 13.3 Å². The first-order valence-corrected chi connectivity index (χ1v) is 7.70. The van der Waals surface area contributed by atoms with Crippen LogP contribution in [0.5, 0.6) is 0 Å². The summed E-state index contributed by atoms with van der Waals surface area (Å²) in [4.78, 5) is 14.3. The second-order valence-corrected chi connectivity index (χ2v) is 6.59. The molecule has 118 valence electrons. The Balaban J connectivity index is 2.50. The van der Waals surface area contributed by atoms with Crippen LogP contribution in [0, 0.1) is 0 Å². The highest BCUT2D eigenvalue weighted by Crippen LogP contribution is 2.20. The number of hydrogen-bond donors (Lipinski definition) is 2. The first-order chi connectivity index (χ1) is 9.26. The van der Waals surface area contributed by atoms with E-state index in [1.807, 2.05) is 6.92 Å². The number of hydrogen-bond acceptors (Lipinski definition) is 4. The molecule has 3 N–H and O–H groups in total. The smallest absolute Gasteiger partial charge is 0.236 e. The van der Waals surface area contributed by atoms with Gasteiger partial charge < -0.3 is 15.8 Å². The lowest BCUT2D eigenvalue weighted by atomic mass is 9.99. The van der Waals surface area contributed by atoms with Gasteiger partial charge in [-0.2, -0.15) is 0 Å². The minimum absolute atomic E-state index is 0.0470. The first kappa shape index (κ1) is 17.4. The summed E-state index contributed by atoms with van der Waals surface area (Å²) in [5.41, 5.74) is 5.74. The molecular formula is C15H31N3O2. The minimum atomic E-state index is -0.390. The van der Waals surface area contributed by atoms with E-state index in [2.05, 4.69) is 37.9 Å². The molecule has 0 saturated carbocycles. The fraction of sp³-hybridized carbons (Fsp3) is 0.933. The van der Waals surface area contributed by atoms with Crippen molar-refractivity contribution in [3.05, 3.63) is 0 Å². The number of amides is 1. The number of nitrogens with two attached hydrogens (primary N) is 1. The highest BCUT2D eigenvalue weighted by Gasteiger charge is 2.33. The summed E-state index contributed by atoms with van der Waals surface area (Å²) in [5, 5.41) is 2.99. The van der Waals surface area contributed by atoms with Crippen LogP contribution >= 0.6 is 0 Å². The van der Waals surface area contributed by atoms with E-state index in [9.17, 15) is 4.79 Å². The van der Waals surface area contributed by atoms with Crippen LogP contribution in [0.15, 0.2) is 0 Å². The van der Waals surface area contributed by atoms with Gasteiger partial charge in [0.25, 0.3) is 0 Å². The van der Waals surface area contributed by atoms with Crippen molar-refractivity contribution in [3.8, 4) is 0 Å². The predicted octanol–water partition coefficient (Wildman–Crippen LogP) is 1.12. The van der Waals surface area contributed by atoms with E-state index < -0.39 is 6.04 Å². The van der Waals surface area contributed by atoms with Crippen LogP contribution in [-0.2, 0) is 9.53 Å². The molecule has 0 spiro atoms. The lowest BCUT2D eigenvalue weighted by Gasteiger charge is -2.45. The van der Waals surface area contributed by atoms with Crippen LogP contribution in [0.2, 0.25) is 0 Å². The Labute approximate surface area is 123 Å². The molecule has 1 aliphatic rings. The molecule has 5 nitrogen and oxygen atoms in total. The molecule has 0 aromatic carbocycles. The van der Waals surface area contributed by atoms with Gasteiger partial charge in [-0.05, 0) is 34.1 Å². The number of morpholine rings is 1. The van der Waals surface area contributed by atoms with Crippen LogP contribution in [0.1, 0.15) is 47.5 Å². The van der Waals surface area contributed by atoms with Gasteiger partial charge in [-0.3, -0.25) is 9.69 Å². The average molecular weight is 285 g/mol. The Morgan fingerprint density at radius 3 is 2.45 bits per heavy atom. The van der Waals surface area contributed by atoms with Crippen molar-refractivity contribution in [2.24, 2.45) is 5.73 Å². The number of nitrogens with one attached hydrogen (secondary N) is 1. The minimum Gasteiger partial charge on any atom is -0.373 e. The highest BCUT2D eigenvalue weighted by molar-refractivity contribution is 5.81. The predicted molar refractivity (Wildman–Crippen MR) is 81.6 cm³/mol. The maximum atomic E-state index is 11.9. The Kier molecular flexibility index (Phi) is 6.43. The molecule has 1 heterocycles. The molecule has 1 fully saturated rings. The molecule has 0 aromatic rings. The van der Waals surface area contributed by atoms with Gasteiger partial charge in [0, 0.05) is 25.2 Å². The second kappa shape index (κ2) is 7.38. The summed E-state index contributed by atoms with van der Waals surface area (Å²) in [7, 11) is 0. The largest absolute Gasteiger partial charge is 0.373 e. The molecule has 1 rings (SSSR count). The molecule has 1 saturated heterocycles. The summed E-state index contributed by atoms with van der Waals surface area (Å²) in [6.07, 6.45) is 2.13. The van der Waals surface area contributed by atoms with E-state index in [4.69, 9.17) is 10.5 Å². The first-order valence-electron chi connectivity index (χ1n) is 7.70. The maximum Gasteiger partial charge on any atom is 0.236 e. The number of carbonyl (C=O) groups is 1. The molecule has 0 aliphatic carbocycles. The highest BCUT2D eigenvalue weighted by atomic mass is 16.5. The van der Waals surface area contributed by atoms with E-state index >= 15 is 0 Å². The van der Waals surface area contributed by atoms with Gasteiger partial charge in [0.2, 0.25) is 5.91 Å². The van der Waals surface area contributed by atoms with Gasteiger partial charge in [-0.25, -0.2) is 0 Å². The molecule has 5 heteroatoms. The number of rotatable bonds is 6. The Morgan fingerprint density at radius 1 is 1.40 bits per heavy atom. The summed E-state index contributed by atoms with van der Waals surface area (Å²) in [6, 6.07) is -0.390. The number of nitrogens with zero attached hydrogens (tertiary/aromatic N) is 1. The van der Waals surface area contributed by atoms with Crippen molar-refractivity contribution < 1.29 is 9.53 Å². The molecule has 0 bridgehead atoms. The van der Waals surface area contributed by atoms with Crippen LogP contribution < -0.4 is 11.1 Å². The second-order valence-electron chi connectivity index (χ2n) is 6.59. The molecule has 3 atom stereocenters. The molecular weight excluding hydrogens is 254 g/mol. The lowest BCUT2D eigenvalue weighted by Crippen LogP contribution is -2.59. The Bertz CT molecular complexity index is 310. The third-order valence-corrected chi connectivity index (χ3v) is 3.91. The van der Waals surface area contributed by atoms with Gasteiger partial charge >= 0.3 is 0 Å². The molecule has 20 heavy (non-hydrogen) atoms. The quantitative estimate of drug-likeness (QED) is 0.767.